The monoisotopic (exact) mass is 386 g/mol. The van der Waals surface area contributed by atoms with E-state index in [1.54, 1.807) is 0 Å². The summed E-state index contributed by atoms with van der Waals surface area (Å²) in [5.74, 6) is 2.97. The van der Waals surface area contributed by atoms with Crippen molar-refractivity contribution in [2.45, 2.75) is 51.8 Å². The smallest absolute Gasteiger partial charge is 0.191 e. The van der Waals surface area contributed by atoms with E-state index in [1.807, 2.05) is 30.8 Å². The van der Waals surface area contributed by atoms with Crippen LogP contribution in [0.15, 0.2) is 29.4 Å². The van der Waals surface area contributed by atoms with Gasteiger partial charge >= 0.3 is 0 Å². The van der Waals surface area contributed by atoms with Gasteiger partial charge in [-0.3, -0.25) is 0 Å². The van der Waals surface area contributed by atoms with Crippen LogP contribution < -0.4 is 10.6 Å². The number of guanidine groups is 1. The summed E-state index contributed by atoms with van der Waals surface area (Å²) in [6, 6.07) is 6.12. The van der Waals surface area contributed by atoms with Gasteiger partial charge in [-0.2, -0.15) is 16.9 Å². The standard InChI is InChI=1S/C20H30N6S/c1-5-21-19(24-14-20(4)9-6-10-27-20)23-13-17-7-8-18(22-12-17)26-16(3)11-15(2)25-26/h7-8,11-12H,5-6,9-10,13-14H2,1-4H3,(H2,21,23,24). The number of nitrogens with zero attached hydrogens (tertiary/aromatic N) is 4. The molecule has 0 amide bonds. The number of rotatable bonds is 6. The second-order valence-corrected chi connectivity index (χ2v) is 9.00. The third kappa shape index (κ3) is 5.25. The van der Waals surface area contributed by atoms with Crippen molar-refractivity contribution in [1.82, 2.24) is 25.4 Å². The fourth-order valence-corrected chi connectivity index (χ4v) is 4.50. The van der Waals surface area contributed by atoms with Gasteiger partial charge in [0.1, 0.15) is 0 Å². The van der Waals surface area contributed by atoms with Crippen LogP contribution in [0, 0.1) is 13.8 Å². The van der Waals surface area contributed by atoms with Crippen molar-refractivity contribution < 1.29 is 0 Å². The lowest BCUT2D eigenvalue weighted by Crippen LogP contribution is -2.43. The zero-order chi connectivity index (χ0) is 19.3. The maximum atomic E-state index is 4.72. The lowest BCUT2D eigenvalue weighted by Gasteiger charge is -2.24. The van der Waals surface area contributed by atoms with Gasteiger partial charge < -0.3 is 10.6 Å². The SMILES string of the molecule is CCNC(=NCc1ccc(-n2nc(C)cc2C)nc1)NCC1(C)CCCS1. The summed E-state index contributed by atoms with van der Waals surface area (Å²) in [5.41, 5.74) is 3.17. The molecule has 0 spiro atoms. The number of aliphatic imine (C=N–C) groups is 1. The molecular weight excluding hydrogens is 356 g/mol. The summed E-state index contributed by atoms with van der Waals surface area (Å²) >= 11 is 2.06. The first-order chi connectivity index (χ1) is 13.0. The summed E-state index contributed by atoms with van der Waals surface area (Å²) in [4.78, 5) is 9.28. The molecule has 2 aromatic heterocycles. The molecule has 2 N–H and O–H groups in total. The quantitative estimate of drug-likeness (QED) is 0.589. The van der Waals surface area contributed by atoms with Gasteiger partial charge in [0, 0.05) is 29.7 Å². The Labute approximate surface area is 166 Å². The van der Waals surface area contributed by atoms with Crippen LogP contribution in [0.3, 0.4) is 0 Å². The Kier molecular flexibility index (Phi) is 6.42. The lowest BCUT2D eigenvalue weighted by atomic mass is 10.1. The molecule has 1 unspecified atom stereocenters. The zero-order valence-corrected chi connectivity index (χ0v) is 17.6. The Balaban J connectivity index is 1.62. The van der Waals surface area contributed by atoms with E-state index < -0.39 is 0 Å². The highest BCUT2D eigenvalue weighted by atomic mass is 32.2. The van der Waals surface area contributed by atoms with Crippen LogP contribution in [0.1, 0.15) is 43.6 Å². The molecule has 3 heterocycles. The maximum Gasteiger partial charge on any atom is 0.191 e. The topological polar surface area (TPSA) is 67.1 Å². The molecule has 0 aromatic carbocycles. The van der Waals surface area contributed by atoms with Gasteiger partial charge in [0.15, 0.2) is 11.8 Å². The minimum Gasteiger partial charge on any atom is -0.357 e. The zero-order valence-electron chi connectivity index (χ0n) is 16.7. The molecule has 7 heteroatoms. The first kappa shape index (κ1) is 19.7. The highest BCUT2D eigenvalue weighted by Crippen LogP contribution is 2.36. The van der Waals surface area contributed by atoms with Crippen LogP contribution in [0.4, 0.5) is 0 Å². The first-order valence-corrected chi connectivity index (χ1v) is 10.6. The molecule has 2 aromatic rings. The van der Waals surface area contributed by atoms with E-state index in [-0.39, 0.29) is 0 Å². The highest BCUT2D eigenvalue weighted by molar-refractivity contribution is 8.00. The third-order valence-electron chi connectivity index (χ3n) is 4.73. The fraction of sp³-hybridized carbons (Fsp3) is 0.550. The molecular formula is C20H30N6S. The van der Waals surface area contributed by atoms with Crippen molar-refractivity contribution >= 4 is 17.7 Å². The second kappa shape index (κ2) is 8.78. The van der Waals surface area contributed by atoms with Crippen molar-refractivity contribution in [2.24, 2.45) is 4.99 Å². The molecule has 0 bridgehead atoms. The first-order valence-electron chi connectivity index (χ1n) is 9.64. The van der Waals surface area contributed by atoms with Crippen molar-refractivity contribution in [3.63, 3.8) is 0 Å². The summed E-state index contributed by atoms with van der Waals surface area (Å²) < 4.78 is 2.19. The molecule has 146 valence electrons. The van der Waals surface area contributed by atoms with Crippen LogP contribution in [0.2, 0.25) is 0 Å². The van der Waals surface area contributed by atoms with Crippen LogP contribution in [-0.4, -0.2) is 44.3 Å². The lowest BCUT2D eigenvalue weighted by molar-refractivity contribution is 0.584. The van der Waals surface area contributed by atoms with E-state index >= 15 is 0 Å². The average molecular weight is 387 g/mol. The molecule has 0 aliphatic carbocycles. The van der Waals surface area contributed by atoms with Crippen molar-refractivity contribution in [3.8, 4) is 5.82 Å². The molecule has 1 atom stereocenters. The summed E-state index contributed by atoms with van der Waals surface area (Å²) in [6.07, 6.45) is 4.46. The molecule has 1 fully saturated rings. The number of pyridine rings is 1. The van der Waals surface area contributed by atoms with Crippen molar-refractivity contribution in [2.75, 3.05) is 18.8 Å². The Bertz CT molecular complexity index is 774. The van der Waals surface area contributed by atoms with Gasteiger partial charge in [0.25, 0.3) is 0 Å². The third-order valence-corrected chi connectivity index (χ3v) is 6.27. The molecule has 0 radical (unpaired) electrons. The fourth-order valence-electron chi connectivity index (χ4n) is 3.26. The predicted molar refractivity (Wildman–Crippen MR) is 114 cm³/mol. The molecule has 6 nitrogen and oxygen atoms in total. The van der Waals surface area contributed by atoms with E-state index in [0.717, 1.165) is 41.8 Å². The molecule has 3 rings (SSSR count). The Hall–Kier alpha value is -2.02. The van der Waals surface area contributed by atoms with Gasteiger partial charge in [0.2, 0.25) is 0 Å². The Morgan fingerprint density at radius 1 is 1.33 bits per heavy atom. The number of aromatic nitrogens is 3. The summed E-state index contributed by atoms with van der Waals surface area (Å²) in [7, 11) is 0. The van der Waals surface area contributed by atoms with E-state index in [2.05, 4.69) is 58.5 Å². The summed E-state index contributed by atoms with van der Waals surface area (Å²) in [6.45, 7) is 10.9. The number of hydrogen-bond donors (Lipinski definition) is 2. The van der Waals surface area contributed by atoms with E-state index in [0.29, 0.717) is 11.3 Å². The van der Waals surface area contributed by atoms with E-state index in [4.69, 9.17) is 4.99 Å². The number of nitrogens with one attached hydrogen (secondary N) is 2. The van der Waals surface area contributed by atoms with Crippen molar-refractivity contribution in [1.29, 1.82) is 0 Å². The van der Waals surface area contributed by atoms with Crippen LogP contribution in [-0.2, 0) is 6.54 Å². The van der Waals surface area contributed by atoms with Crippen molar-refractivity contribution in [3.05, 3.63) is 41.3 Å². The van der Waals surface area contributed by atoms with E-state index in [1.165, 1.54) is 18.6 Å². The van der Waals surface area contributed by atoms with Gasteiger partial charge in [0.05, 0.1) is 12.2 Å². The highest BCUT2D eigenvalue weighted by Gasteiger charge is 2.29. The predicted octanol–water partition coefficient (Wildman–Crippen LogP) is 3.22. The summed E-state index contributed by atoms with van der Waals surface area (Å²) in [5, 5.41) is 11.3. The second-order valence-electron chi connectivity index (χ2n) is 7.31. The van der Waals surface area contributed by atoms with Crippen LogP contribution in [0.5, 0.6) is 0 Å². The average Bonchev–Trinajstić information content (AvgIpc) is 3.23. The van der Waals surface area contributed by atoms with Crippen LogP contribution >= 0.6 is 11.8 Å². The molecule has 1 aliphatic heterocycles. The number of aryl methyl sites for hydroxylation is 2. The molecule has 27 heavy (non-hydrogen) atoms. The number of thioether (sulfide) groups is 1. The Morgan fingerprint density at radius 3 is 2.78 bits per heavy atom. The van der Waals surface area contributed by atoms with Gasteiger partial charge in [-0.05, 0) is 64.0 Å². The van der Waals surface area contributed by atoms with Gasteiger partial charge in [-0.15, -0.1) is 0 Å². The maximum absolute atomic E-state index is 4.72. The molecule has 1 aliphatic rings. The number of hydrogen-bond acceptors (Lipinski definition) is 4. The normalized spacial score (nSPS) is 20.1. The van der Waals surface area contributed by atoms with Crippen LogP contribution in [0.25, 0.3) is 5.82 Å². The molecule has 0 saturated carbocycles. The molecule has 1 saturated heterocycles. The largest absolute Gasteiger partial charge is 0.357 e. The minimum atomic E-state index is 0.319. The minimum absolute atomic E-state index is 0.319. The Morgan fingerprint density at radius 2 is 2.19 bits per heavy atom. The van der Waals surface area contributed by atoms with Gasteiger partial charge in [-0.25, -0.2) is 14.7 Å². The van der Waals surface area contributed by atoms with Gasteiger partial charge in [-0.1, -0.05) is 6.07 Å². The van der Waals surface area contributed by atoms with E-state index in [9.17, 15) is 0 Å².